The van der Waals surface area contributed by atoms with Gasteiger partial charge in [-0.05, 0) is 39.5 Å². The van der Waals surface area contributed by atoms with Gasteiger partial charge in [0.15, 0.2) is 0 Å². The molecular weight excluding hydrogens is 253 g/mol. The van der Waals surface area contributed by atoms with E-state index in [0.29, 0.717) is 6.42 Å². The van der Waals surface area contributed by atoms with Crippen LogP contribution >= 0.6 is 0 Å². The van der Waals surface area contributed by atoms with Gasteiger partial charge in [0.1, 0.15) is 6.04 Å². The topological polar surface area (TPSA) is 15.3 Å². The predicted molar refractivity (Wildman–Crippen MR) is 71.0 cm³/mol. The zero-order valence-electron chi connectivity index (χ0n) is 11.5. The summed E-state index contributed by atoms with van der Waals surface area (Å²) >= 11 is 0. The van der Waals surface area contributed by atoms with Crippen molar-refractivity contribution in [2.45, 2.75) is 31.6 Å². The van der Waals surface area contributed by atoms with Crippen molar-refractivity contribution in [1.82, 2.24) is 10.2 Å². The van der Waals surface area contributed by atoms with Crippen LogP contribution in [0.15, 0.2) is 30.3 Å². The zero-order valence-corrected chi connectivity index (χ0v) is 11.5. The summed E-state index contributed by atoms with van der Waals surface area (Å²) in [5, 5.41) is 2.68. The summed E-state index contributed by atoms with van der Waals surface area (Å²) in [5.41, 5.74) is 0.256. The average molecular weight is 274 g/mol. The van der Waals surface area contributed by atoms with Crippen LogP contribution in [0.5, 0.6) is 0 Å². The van der Waals surface area contributed by atoms with Gasteiger partial charge in [0.25, 0.3) is 0 Å². The number of alkyl halides is 3. The monoisotopic (exact) mass is 274 g/mol. The molecule has 1 aromatic carbocycles. The smallest absolute Gasteiger partial charge is 0.309 e. The summed E-state index contributed by atoms with van der Waals surface area (Å²) in [6, 6.07) is 6.17. The molecule has 0 amide bonds. The Balaban J connectivity index is 2.72. The van der Waals surface area contributed by atoms with Crippen LogP contribution in [-0.2, 0) is 0 Å². The summed E-state index contributed by atoms with van der Waals surface area (Å²) in [7, 11) is 3.82. The Bertz CT molecular complexity index is 363. The molecule has 1 N–H and O–H groups in total. The van der Waals surface area contributed by atoms with Gasteiger partial charge in [-0.25, -0.2) is 0 Å². The summed E-state index contributed by atoms with van der Waals surface area (Å²) in [6.45, 7) is 2.54. The SMILES string of the molecule is CC(CCN(C)C)NC(c1ccccc1)C(F)(F)F. The Hall–Kier alpha value is -1.07. The number of nitrogens with zero attached hydrogens (tertiary/aromatic N) is 1. The highest BCUT2D eigenvalue weighted by molar-refractivity contribution is 5.20. The predicted octanol–water partition coefficient (Wildman–Crippen LogP) is 3.22. The molecule has 2 nitrogen and oxygen atoms in total. The first-order valence-electron chi connectivity index (χ1n) is 6.33. The average Bonchev–Trinajstić information content (AvgIpc) is 2.33. The van der Waals surface area contributed by atoms with Gasteiger partial charge < -0.3 is 4.90 Å². The molecule has 0 spiro atoms. The number of benzene rings is 1. The minimum absolute atomic E-state index is 0.200. The van der Waals surface area contributed by atoms with Crippen molar-refractivity contribution in [3.8, 4) is 0 Å². The van der Waals surface area contributed by atoms with E-state index in [-0.39, 0.29) is 11.6 Å². The van der Waals surface area contributed by atoms with Crippen molar-refractivity contribution in [1.29, 1.82) is 0 Å². The molecule has 0 aliphatic carbocycles. The van der Waals surface area contributed by atoms with E-state index in [1.165, 1.54) is 12.1 Å². The van der Waals surface area contributed by atoms with Gasteiger partial charge in [-0.2, -0.15) is 13.2 Å². The molecule has 0 saturated heterocycles. The second kappa shape index (κ2) is 6.91. The third-order valence-corrected chi connectivity index (χ3v) is 2.92. The Morgan fingerprint density at radius 1 is 1.16 bits per heavy atom. The fourth-order valence-corrected chi connectivity index (χ4v) is 1.84. The highest BCUT2D eigenvalue weighted by atomic mass is 19.4. The molecule has 0 saturated carbocycles. The number of nitrogens with one attached hydrogen (secondary N) is 1. The Morgan fingerprint density at radius 2 is 1.74 bits per heavy atom. The third-order valence-electron chi connectivity index (χ3n) is 2.92. The van der Waals surface area contributed by atoms with Crippen LogP contribution in [0.4, 0.5) is 13.2 Å². The van der Waals surface area contributed by atoms with Crippen molar-refractivity contribution in [3.63, 3.8) is 0 Å². The molecule has 19 heavy (non-hydrogen) atoms. The third kappa shape index (κ3) is 5.61. The lowest BCUT2D eigenvalue weighted by Crippen LogP contribution is -2.40. The van der Waals surface area contributed by atoms with Gasteiger partial charge >= 0.3 is 6.18 Å². The molecule has 0 radical (unpaired) electrons. The van der Waals surface area contributed by atoms with E-state index in [0.717, 1.165) is 6.54 Å². The van der Waals surface area contributed by atoms with Gasteiger partial charge in [0.2, 0.25) is 0 Å². The first-order valence-corrected chi connectivity index (χ1v) is 6.33. The van der Waals surface area contributed by atoms with Crippen LogP contribution in [0.25, 0.3) is 0 Å². The second-order valence-electron chi connectivity index (χ2n) is 5.04. The quantitative estimate of drug-likeness (QED) is 0.857. The summed E-state index contributed by atoms with van der Waals surface area (Å²) in [4.78, 5) is 1.96. The molecule has 0 aromatic heterocycles. The van der Waals surface area contributed by atoms with Crippen molar-refractivity contribution in [2.24, 2.45) is 0 Å². The standard InChI is InChI=1S/C14H21F3N2/c1-11(9-10-19(2)3)18-13(14(15,16)17)12-7-5-4-6-8-12/h4-8,11,13,18H,9-10H2,1-3H3. The highest BCUT2D eigenvalue weighted by Crippen LogP contribution is 2.33. The number of hydrogen-bond acceptors (Lipinski definition) is 2. The van der Waals surface area contributed by atoms with Crippen molar-refractivity contribution in [3.05, 3.63) is 35.9 Å². The van der Waals surface area contributed by atoms with E-state index in [2.05, 4.69) is 5.32 Å². The van der Waals surface area contributed by atoms with Crippen LogP contribution in [-0.4, -0.2) is 37.8 Å². The normalized spacial score (nSPS) is 15.5. The summed E-state index contributed by atoms with van der Waals surface area (Å²) in [5.74, 6) is 0. The van der Waals surface area contributed by atoms with Gasteiger partial charge in [-0.15, -0.1) is 0 Å². The Labute approximate surface area is 112 Å². The first kappa shape index (κ1) is 16.0. The lowest BCUT2D eigenvalue weighted by Gasteiger charge is -2.26. The van der Waals surface area contributed by atoms with Crippen LogP contribution < -0.4 is 5.32 Å². The zero-order chi connectivity index (χ0) is 14.5. The first-order chi connectivity index (χ1) is 8.80. The van der Waals surface area contributed by atoms with E-state index in [9.17, 15) is 13.2 Å². The molecule has 2 unspecified atom stereocenters. The summed E-state index contributed by atoms with van der Waals surface area (Å²) in [6.07, 6.45) is -3.61. The van der Waals surface area contributed by atoms with Crippen molar-refractivity contribution >= 4 is 0 Å². The van der Waals surface area contributed by atoms with Gasteiger partial charge in [-0.3, -0.25) is 5.32 Å². The van der Waals surface area contributed by atoms with Crippen molar-refractivity contribution < 1.29 is 13.2 Å². The fraction of sp³-hybridized carbons (Fsp3) is 0.571. The van der Waals surface area contributed by atoms with Crippen LogP contribution in [0.3, 0.4) is 0 Å². The van der Waals surface area contributed by atoms with Crippen molar-refractivity contribution in [2.75, 3.05) is 20.6 Å². The van der Waals surface area contributed by atoms with Crippen LogP contribution in [0.2, 0.25) is 0 Å². The molecule has 0 heterocycles. The number of halogens is 3. The largest absolute Gasteiger partial charge is 0.407 e. The van der Waals surface area contributed by atoms with Gasteiger partial charge in [0, 0.05) is 6.04 Å². The van der Waals surface area contributed by atoms with Crippen LogP contribution in [0.1, 0.15) is 24.9 Å². The second-order valence-corrected chi connectivity index (χ2v) is 5.04. The number of hydrogen-bond donors (Lipinski definition) is 1. The van der Waals surface area contributed by atoms with E-state index in [4.69, 9.17) is 0 Å². The van der Waals surface area contributed by atoms with Gasteiger partial charge in [0.05, 0.1) is 0 Å². The van der Waals surface area contributed by atoms with Gasteiger partial charge in [-0.1, -0.05) is 30.3 Å². The highest BCUT2D eigenvalue weighted by Gasteiger charge is 2.41. The fourth-order valence-electron chi connectivity index (χ4n) is 1.84. The van der Waals surface area contributed by atoms with E-state index >= 15 is 0 Å². The molecule has 0 fully saturated rings. The minimum atomic E-state index is -4.28. The molecule has 1 aromatic rings. The molecule has 2 atom stereocenters. The molecule has 108 valence electrons. The van der Waals surface area contributed by atoms with Crippen LogP contribution in [0, 0.1) is 0 Å². The maximum Gasteiger partial charge on any atom is 0.407 e. The number of rotatable bonds is 6. The van der Waals surface area contributed by atoms with E-state index in [1.807, 2.05) is 19.0 Å². The molecule has 0 aliphatic heterocycles. The molecular formula is C14H21F3N2. The molecule has 5 heteroatoms. The lowest BCUT2D eigenvalue weighted by molar-refractivity contribution is -0.159. The maximum absolute atomic E-state index is 13.1. The maximum atomic E-state index is 13.1. The lowest BCUT2D eigenvalue weighted by atomic mass is 10.0. The van der Waals surface area contributed by atoms with E-state index in [1.54, 1.807) is 25.1 Å². The molecule has 1 rings (SSSR count). The van der Waals surface area contributed by atoms with E-state index < -0.39 is 12.2 Å². The Kier molecular flexibility index (Phi) is 5.82. The molecule has 0 bridgehead atoms. The minimum Gasteiger partial charge on any atom is -0.309 e. The summed E-state index contributed by atoms with van der Waals surface area (Å²) < 4.78 is 39.3. The Morgan fingerprint density at radius 3 is 2.21 bits per heavy atom. The molecule has 0 aliphatic rings.